The molecule has 142 valence electrons. The van der Waals surface area contributed by atoms with Crippen molar-refractivity contribution in [2.75, 3.05) is 7.11 Å². The number of rotatable bonds is 4. The number of ether oxygens (including phenoxy) is 1. The lowest BCUT2D eigenvalue weighted by Crippen LogP contribution is -2.52. The number of carbonyl (C=O) groups excluding carboxylic acids is 1. The zero-order valence-electron chi connectivity index (χ0n) is 14.1. The molecule has 0 fully saturated rings. The monoisotopic (exact) mass is 402 g/mol. The number of aryl methyl sites for hydroxylation is 1. The van der Waals surface area contributed by atoms with Crippen LogP contribution in [-0.2, 0) is 34.8 Å². The molecule has 0 spiro atoms. The van der Waals surface area contributed by atoms with E-state index in [0.717, 1.165) is 10.00 Å². The molecule has 2 aromatic rings. The molecule has 1 aliphatic rings. The smallest absolute Gasteiger partial charge is 0.262 e. The second-order valence-corrected chi connectivity index (χ2v) is 7.56. The normalized spacial score (nSPS) is 17.1. The van der Waals surface area contributed by atoms with E-state index in [-0.39, 0.29) is 30.3 Å². The average molecular weight is 403 g/mol. The lowest BCUT2D eigenvalue weighted by Gasteiger charge is -2.32. The molecule has 1 aromatic carbocycles. The van der Waals surface area contributed by atoms with Crippen LogP contribution in [0, 0.1) is 0 Å². The van der Waals surface area contributed by atoms with Gasteiger partial charge in [0.05, 0.1) is 30.6 Å². The molecular weight excluding hydrogens is 384 g/mol. The highest BCUT2D eigenvalue weighted by atomic mass is 35.5. The lowest BCUT2D eigenvalue weighted by molar-refractivity contribution is -0.133. The number of benzene rings is 1. The Balaban J connectivity index is 0.00000243. The fourth-order valence-electron chi connectivity index (χ4n) is 2.87. The predicted octanol–water partition coefficient (Wildman–Crippen LogP) is 0.472. The van der Waals surface area contributed by atoms with Crippen LogP contribution in [-0.4, -0.2) is 46.5 Å². The number of fused-ring (bicyclic) bond motifs is 1. The number of nitrogens with zero attached hydrogens (tertiary/aromatic N) is 3. The standard InChI is InChI=1S/C15H18N4O5S.ClH/c1-18-9-16-12-8-19(14(7-13(12)18)15(20)17-21)25(22,23)11-5-3-10(24-2)4-6-11;/h3-6,9,14,21H,7-8H2,1-2H3,(H,17,20);1H/t14-;/m1./s1. The third-order valence-electron chi connectivity index (χ3n) is 4.26. The second-order valence-electron chi connectivity index (χ2n) is 5.67. The first kappa shape index (κ1) is 20.2. The molecule has 1 amide bonds. The Morgan fingerprint density at radius 3 is 2.58 bits per heavy atom. The first-order valence-corrected chi connectivity index (χ1v) is 8.91. The van der Waals surface area contributed by atoms with Crippen molar-refractivity contribution in [3.63, 3.8) is 0 Å². The van der Waals surface area contributed by atoms with E-state index >= 15 is 0 Å². The minimum Gasteiger partial charge on any atom is -0.497 e. The number of aromatic nitrogens is 2. The van der Waals surface area contributed by atoms with E-state index in [1.54, 1.807) is 23.4 Å². The van der Waals surface area contributed by atoms with Crippen molar-refractivity contribution >= 4 is 28.3 Å². The van der Waals surface area contributed by atoms with Crippen LogP contribution in [0.5, 0.6) is 5.75 Å². The number of hydrogen-bond donors (Lipinski definition) is 2. The van der Waals surface area contributed by atoms with E-state index in [0.29, 0.717) is 11.4 Å². The minimum absolute atomic E-state index is 0. The zero-order chi connectivity index (χ0) is 18.2. The number of halogens is 1. The average Bonchev–Trinajstić information content (AvgIpc) is 3.00. The highest BCUT2D eigenvalue weighted by Crippen LogP contribution is 2.29. The van der Waals surface area contributed by atoms with Gasteiger partial charge in [0.2, 0.25) is 10.0 Å². The van der Waals surface area contributed by atoms with Gasteiger partial charge in [0.1, 0.15) is 11.8 Å². The van der Waals surface area contributed by atoms with Gasteiger partial charge in [0.25, 0.3) is 5.91 Å². The van der Waals surface area contributed by atoms with Gasteiger partial charge in [-0.05, 0) is 24.3 Å². The summed E-state index contributed by atoms with van der Waals surface area (Å²) >= 11 is 0. The van der Waals surface area contributed by atoms with Gasteiger partial charge in [-0.15, -0.1) is 12.4 Å². The Bertz CT molecular complexity index is 897. The lowest BCUT2D eigenvalue weighted by atomic mass is 10.0. The topological polar surface area (TPSA) is 114 Å². The van der Waals surface area contributed by atoms with E-state index in [4.69, 9.17) is 9.94 Å². The van der Waals surface area contributed by atoms with E-state index in [9.17, 15) is 13.2 Å². The van der Waals surface area contributed by atoms with E-state index in [1.165, 1.54) is 31.4 Å². The number of carbonyl (C=O) groups is 1. The third-order valence-corrected chi connectivity index (χ3v) is 6.13. The molecule has 0 saturated heterocycles. The summed E-state index contributed by atoms with van der Waals surface area (Å²) in [6, 6.07) is 4.82. The van der Waals surface area contributed by atoms with Crippen LogP contribution < -0.4 is 10.2 Å². The molecule has 0 radical (unpaired) electrons. The predicted molar refractivity (Wildman–Crippen MR) is 93.6 cm³/mol. The molecule has 11 heteroatoms. The molecule has 1 aromatic heterocycles. The molecule has 0 bridgehead atoms. The molecule has 0 unspecified atom stereocenters. The molecule has 0 saturated carbocycles. The zero-order valence-corrected chi connectivity index (χ0v) is 15.7. The Morgan fingerprint density at radius 2 is 2.00 bits per heavy atom. The summed E-state index contributed by atoms with van der Waals surface area (Å²) in [5, 5.41) is 9.02. The minimum atomic E-state index is -3.97. The maximum absolute atomic E-state index is 13.0. The fourth-order valence-corrected chi connectivity index (χ4v) is 4.42. The fraction of sp³-hybridized carbons (Fsp3) is 0.333. The van der Waals surface area contributed by atoms with Gasteiger partial charge < -0.3 is 9.30 Å². The molecule has 2 heterocycles. The maximum Gasteiger partial charge on any atom is 0.262 e. The molecule has 26 heavy (non-hydrogen) atoms. The van der Waals surface area contributed by atoms with Gasteiger partial charge in [0.15, 0.2) is 0 Å². The molecule has 1 aliphatic heterocycles. The summed E-state index contributed by atoms with van der Waals surface area (Å²) in [7, 11) is -0.712. The highest BCUT2D eigenvalue weighted by Gasteiger charge is 2.41. The van der Waals surface area contributed by atoms with Crippen LogP contribution >= 0.6 is 12.4 Å². The number of hydroxylamine groups is 1. The largest absolute Gasteiger partial charge is 0.497 e. The molecule has 0 aliphatic carbocycles. The van der Waals surface area contributed by atoms with Crippen LogP contribution in [0.4, 0.5) is 0 Å². The van der Waals surface area contributed by atoms with Crippen molar-refractivity contribution < 1.29 is 23.2 Å². The number of nitrogens with one attached hydrogen (secondary N) is 1. The summed E-state index contributed by atoms with van der Waals surface area (Å²) in [5.41, 5.74) is 2.90. The molecule has 1 atom stereocenters. The van der Waals surface area contributed by atoms with Crippen molar-refractivity contribution in [2.24, 2.45) is 7.05 Å². The quantitative estimate of drug-likeness (QED) is 0.567. The Labute approximate surface area is 157 Å². The Morgan fingerprint density at radius 1 is 1.35 bits per heavy atom. The van der Waals surface area contributed by atoms with E-state index < -0.39 is 22.0 Å². The van der Waals surface area contributed by atoms with Crippen LogP contribution in [0.15, 0.2) is 35.5 Å². The summed E-state index contributed by atoms with van der Waals surface area (Å²) in [6.45, 7) is -0.0530. The SMILES string of the molecule is COc1ccc(S(=O)(=O)N2Cc3ncn(C)c3C[C@@H]2C(=O)NO)cc1.Cl. The van der Waals surface area contributed by atoms with Gasteiger partial charge in [-0.3, -0.25) is 10.0 Å². The molecule has 2 N–H and O–H groups in total. The number of methoxy groups -OCH3 is 1. The van der Waals surface area contributed by atoms with E-state index in [1.807, 2.05) is 0 Å². The summed E-state index contributed by atoms with van der Waals surface area (Å²) in [5.74, 6) is -0.266. The van der Waals surface area contributed by atoms with E-state index in [2.05, 4.69) is 4.98 Å². The number of sulfonamides is 1. The van der Waals surface area contributed by atoms with Gasteiger partial charge in [-0.25, -0.2) is 18.9 Å². The summed E-state index contributed by atoms with van der Waals surface area (Å²) in [4.78, 5) is 16.3. The molecule has 9 nitrogen and oxygen atoms in total. The number of amides is 1. The van der Waals surface area contributed by atoms with Crippen LogP contribution in [0.25, 0.3) is 0 Å². The summed E-state index contributed by atoms with van der Waals surface area (Å²) in [6.07, 6.45) is 1.69. The maximum atomic E-state index is 13.0. The third kappa shape index (κ3) is 3.40. The first-order valence-electron chi connectivity index (χ1n) is 7.47. The first-order chi connectivity index (χ1) is 11.9. The highest BCUT2D eigenvalue weighted by molar-refractivity contribution is 7.89. The van der Waals surface area contributed by atoms with Gasteiger partial charge >= 0.3 is 0 Å². The van der Waals surface area contributed by atoms with Crippen molar-refractivity contribution in [3.8, 4) is 5.75 Å². The molecule has 3 rings (SSSR count). The van der Waals surface area contributed by atoms with Crippen LogP contribution in [0.2, 0.25) is 0 Å². The van der Waals surface area contributed by atoms with Crippen molar-refractivity contribution in [1.29, 1.82) is 0 Å². The molecular formula is C15H19ClN4O5S. The van der Waals surface area contributed by atoms with Crippen molar-refractivity contribution in [3.05, 3.63) is 42.0 Å². The van der Waals surface area contributed by atoms with Gasteiger partial charge in [-0.1, -0.05) is 0 Å². The van der Waals surface area contributed by atoms with Gasteiger partial charge in [-0.2, -0.15) is 4.31 Å². The Hall–Kier alpha value is -2.14. The number of imidazole rings is 1. The second kappa shape index (κ2) is 7.62. The number of hydrogen-bond acceptors (Lipinski definition) is 6. The van der Waals surface area contributed by atoms with Crippen LogP contribution in [0.1, 0.15) is 11.4 Å². The Kier molecular flexibility index (Phi) is 5.91. The summed E-state index contributed by atoms with van der Waals surface area (Å²) < 4.78 is 33.9. The van der Waals surface area contributed by atoms with Crippen molar-refractivity contribution in [2.45, 2.75) is 23.9 Å². The van der Waals surface area contributed by atoms with Crippen LogP contribution in [0.3, 0.4) is 0 Å². The van der Waals surface area contributed by atoms with Gasteiger partial charge in [0, 0.05) is 19.2 Å². The van der Waals surface area contributed by atoms with Crippen molar-refractivity contribution in [1.82, 2.24) is 19.3 Å².